The summed E-state index contributed by atoms with van der Waals surface area (Å²) in [7, 11) is 0. The van der Waals surface area contributed by atoms with Gasteiger partial charge in [0, 0.05) is 18.6 Å². The van der Waals surface area contributed by atoms with E-state index in [0.717, 1.165) is 0 Å². The van der Waals surface area contributed by atoms with Gasteiger partial charge in [0.25, 0.3) is 5.69 Å². The van der Waals surface area contributed by atoms with Gasteiger partial charge in [0.05, 0.1) is 4.92 Å². The number of aliphatic carboxylic acids is 1. The van der Waals surface area contributed by atoms with Crippen LogP contribution in [-0.4, -0.2) is 22.2 Å². The van der Waals surface area contributed by atoms with Crippen molar-refractivity contribution in [3.63, 3.8) is 0 Å². The fourth-order valence-electron chi connectivity index (χ4n) is 1.13. The van der Waals surface area contributed by atoms with Gasteiger partial charge in [-0.3, -0.25) is 10.1 Å². The molecule has 1 N–H and O–H groups in total. The summed E-state index contributed by atoms with van der Waals surface area (Å²) in [5.74, 6) is -1.50. The third-order valence-electron chi connectivity index (χ3n) is 2.03. The Hall–Kier alpha value is -2.24. The monoisotopic (exact) mass is 239 g/mol. The number of carboxylic acids is 1. The van der Waals surface area contributed by atoms with Crippen molar-refractivity contribution in [2.75, 3.05) is 0 Å². The number of carbonyl (C=O) groups is 1. The topological polar surface area (TPSA) is 80.4 Å². The van der Waals surface area contributed by atoms with Crippen LogP contribution in [0.25, 0.3) is 6.08 Å². The highest BCUT2D eigenvalue weighted by molar-refractivity contribution is 5.72. The quantitative estimate of drug-likeness (QED) is 0.632. The van der Waals surface area contributed by atoms with E-state index in [2.05, 4.69) is 0 Å². The second kappa shape index (κ2) is 5.74. The van der Waals surface area contributed by atoms with Crippen molar-refractivity contribution in [2.45, 2.75) is 12.6 Å². The molecule has 0 heterocycles. The van der Waals surface area contributed by atoms with Crippen molar-refractivity contribution in [1.29, 1.82) is 0 Å². The maximum Gasteiger partial charge on any atom is 0.338 e. The number of halogens is 1. The normalized spacial score (nSPS) is 12.5. The molecule has 1 atom stereocenters. The molecule has 1 aromatic carbocycles. The minimum absolute atomic E-state index is 0.0314. The number of non-ortho nitro benzene ring substituents is 1. The molecule has 17 heavy (non-hydrogen) atoms. The summed E-state index contributed by atoms with van der Waals surface area (Å²) in [6, 6.07) is 5.65. The lowest BCUT2D eigenvalue weighted by molar-refractivity contribution is -0.384. The van der Waals surface area contributed by atoms with Crippen LogP contribution < -0.4 is 0 Å². The highest BCUT2D eigenvalue weighted by Crippen LogP contribution is 2.13. The van der Waals surface area contributed by atoms with Crippen molar-refractivity contribution < 1.29 is 19.2 Å². The second-order valence-electron chi connectivity index (χ2n) is 3.29. The summed E-state index contributed by atoms with van der Waals surface area (Å²) in [5, 5.41) is 18.7. The second-order valence-corrected chi connectivity index (χ2v) is 3.29. The van der Waals surface area contributed by atoms with Crippen LogP contribution in [0.3, 0.4) is 0 Å². The Morgan fingerprint density at radius 2 is 2.06 bits per heavy atom. The van der Waals surface area contributed by atoms with Gasteiger partial charge < -0.3 is 5.11 Å². The van der Waals surface area contributed by atoms with E-state index in [1.807, 2.05) is 0 Å². The van der Waals surface area contributed by atoms with Crippen LogP contribution >= 0.6 is 0 Å². The molecule has 0 saturated heterocycles. The predicted molar refractivity (Wildman–Crippen MR) is 59.3 cm³/mol. The van der Waals surface area contributed by atoms with E-state index in [4.69, 9.17) is 5.11 Å². The first-order chi connectivity index (χ1) is 8.00. The van der Waals surface area contributed by atoms with Crippen LogP contribution in [0.4, 0.5) is 10.1 Å². The molecule has 0 aliphatic carbocycles. The standard InChI is InChI=1S/C11H10FNO4/c12-10(11(14)15)3-1-2-8-4-6-9(7-5-8)13(16)17/h1-2,4-7,10H,3H2,(H,14,15)/b2-1+. The summed E-state index contributed by atoms with van der Waals surface area (Å²) < 4.78 is 12.7. The lowest BCUT2D eigenvalue weighted by atomic mass is 10.1. The Morgan fingerprint density at radius 3 is 2.53 bits per heavy atom. The molecule has 0 amide bonds. The van der Waals surface area contributed by atoms with Crippen LogP contribution in [0, 0.1) is 10.1 Å². The largest absolute Gasteiger partial charge is 0.479 e. The van der Waals surface area contributed by atoms with Gasteiger partial charge in [-0.2, -0.15) is 0 Å². The van der Waals surface area contributed by atoms with Crippen molar-refractivity contribution in [3.8, 4) is 0 Å². The maximum absolute atomic E-state index is 12.7. The van der Waals surface area contributed by atoms with Gasteiger partial charge in [0.2, 0.25) is 6.17 Å². The van der Waals surface area contributed by atoms with Crippen LogP contribution in [0.15, 0.2) is 30.3 Å². The molecule has 0 aliphatic rings. The summed E-state index contributed by atoms with van der Waals surface area (Å²) in [5.41, 5.74) is 0.615. The third kappa shape index (κ3) is 4.02. The number of rotatable bonds is 5. The molecular formula is C11H10FNO4. The first-order valence-electron chi connectivity index (χ1n) is 4.78. The minimum Gasteiger partial charge on any atom is -0.479 e. The molecule has 0 aromatic heterocycles. The molecule has 5 nitrogen and oxygen atoms in total. The van der Waals surface area contributed by atoms with Gasteiger partial charge in [0.15, 0.2) is 0 Å². The van der Waals surface area contributed by atoms with E-state index in [-0.39, 0.29) is 12.1 Å². The van der Waals surface area contributed by atoms with E-state index < -0.39 is 17.1 Å². The highest BCUT2D eigenvalue weighted by atomic mass is 19.1. The van der Waals surface area contributed by atoms with Crippen molar-refractivity contribution in [1.82, 2.24) is 0 Å². The lowest BCUT2D eigenvalue weighted by Gasteiger charge is -1.97. The minimum atomic E-state index is -1.93. The molecule has 0 fully saturated rings. The fourth-order valence-corrected chi connectivity index (χ4v) is 1.13. The van der Waals surface area contributed by atoms with Crippen LogP contribution in [0.2, 0.25) is 0 Å². The molecule has 6 heteroatoms. The van der Waals surface area contributed by atoms with Crippen LogP contribution in [0.5, 0.6) is 0 Å². The first-order valence-corrected chi connectivity index (χ1v) is 4.78. The van der Waals surface area contributed by atoms with E-state index in [1.54, 1.807) is 0 Å². The first kappa shape index (κ1) is 12.8. The molecule has 0 bridgehead atoms. The van der Waals surface area contributed by atoms with Crippen molar-refractivity contribution in [2.24, 2.45) is 0 Å². The molecule has 1 unspecified atom stereocenters. The summed E-state index contributed by atoms with van der Waals surface area (Å²) >= 11 is 0. The van der Waals surface area contributed by atoms with Gasteiger partial charge in [-0.05, 0) is 17.7 Å². The SMILES string of the molecule is O=C(O)C(F)C/C=C/c1ccc([N+](=O)[O-])cc1. The summed E-state index contributed by atoms with van der Waals surface area (Å²) in [6.45, 7) is 0. The molecule has 0 saturated carbocycles. The smallest absolute Gasteiger partial charge is 0.338 e. The predicted octanol–water partition coefficient (Wildman–Crippen LogP) is 2.42. The average Bonchev–Trinajstić information content (AvgIpc) is 2.29. The number of nitro groups is 1. The Morgan fingerprint density at radius 1 is 1.47 bits per heavy atom. The van der Waals surface area contributed by atoms with Crippen molar-refractivity contribution in [3.05, 3.63) is 46.0 Å². The molecule has 1 rings (SSSR count). The summed E-state index contributed by atoms with van der Waals surface area (Å²) in [4.78, 5) is 20.0. The third-order valence-corrected chi connectivity index (χ3v) is 2.03. The Balaban J connectivity index is 2.60. The zero-order valence-electron chi connectivity index (χ0n) is 8.75. The molecule has 0 spiro atoms. The molecular weight excluding hydrogens is 229 g/mol. The Kier molecular flexibility index (Phi) is 4.33. The fraction of sp³-hybridized carbons (Fsp3) is 0.182. The number of hydrogen-bond acceptors (Lipinski definition) is 3. The van der Waals surface area contributed by atoms with Gasteiger partial charge >= 0.3 is 5.97 Å². The van der Waals surface area contributed by atoms with Crippen LogP contribution in [0.1, 0.15) is 12.0 Å². The van der Waals surface area contributed by atoms with E-state index in [9.17, 15) is 19.3 Å². The van der Waals surface area contributed by atoms with Gasteiger partial charge in [0.1, 0.15) is 0 Å². The Bertz CT molecular complexity index is 441. The van der Waals surface area contributed by atoms with Gasteiger partial charge in [-0.25, -0.2) is 9.18 Å². The number of nitro benzene ring substituents is 1. The zero-order chi connectivity index (χ0) is 12.8. The maximum atomic E-state index is 12.7. The van der Waals surface area contributed by atoms with E-state index >= 15 is 0 Å². The Labute approximate surface area is 96.3 Å². The number of hydrogen-bond donors (Lipinski definition) is 1. The zero-order valence-corrected chi connectivity index (χ0v) is 8.75. The molecule has 0 radical (unpaired) electrons. The van der Waals surface area contributed by atoms with E-state index in [1.165, 1.54) is 36.4 Å². The van der Waals surface area contributed by atoms with Crippen molar-refractivity contribution >= 4 is 17.7 Å². The van der Waals surface area contributed by atoms with E-state index in [0.29, 0.717) is 5.56 Å². The average molecular weight is 239 g/mol. The number of allylic oxidation sites excluding steroid dienone is 1. The summed E-state index contributed by atoms with van der Waals surface area (Å²) in [6.07, 6.45) is 0.732. The number of nitrogens with zero attached hydrogens (tertiary/aromatic N) is 1. The number of alkyl halides is 1. The van der Waals surface area contributed by atoms with Gasteiger partial charge in [-0.1, -0.05) is 12.2 Å². The molecule has 90 valence electrons. The lowest BCUT2D eigenvalue weighted by Crippen LogP contribution is -2.12. The van der Waals surface area contributed by atoms with Crippen LogP contribution in [-0.2, 0) is 4.79 Å². The van der Waals surface area contributed by atoms with Gasteiger partial charge in [-0.15, -0.1) is 0 Å². The molecule has 0 aliphatic heterocycles. The molecule has 1 aromatic rings. The number of benzene rings is 1. The number of carboxylic acid groups (broad SMARTS) is 1. The highest BCUT2D eigenvalue weighted by Gasteiger charge is 2.12.